The zero-order valence-electron chi connectivity index (χ0n) is 14.1. The van der Waals surface area contributed by atoms with Gasteiger partial charge in [0.2, 0.25) is 0 Å². The molecule has 0 spiro atoms. The first-order valence-electron chi connectivity index (χ1n) is 8.08. The van der Waals surface area contributed by atoms with Crippen molar-refractivity contribution in [2.24, 2.45) is 5.92 Å². The fourth-order valence-electron chi connectivity index (χ4n) is 3.33. The molecule has 2 heterocycles. The minimum Gasteiger partial charge on any atom is -0.481 e. The number of carboxylic acids is 1. The summed E-state index contributed by atoms with van der Waals surface area (Å²) in [6.07, 6.45) is -0.510. The van der Waals surface area contributed by atoms with Crippen molar-refractivity contribution in [1.29, 1.82) is 0 Å². The molecule has 0 saturated carbocycles. The summed E-state index contributed by atoms with van der Waals surface area (Å²) < 4.78 is 10.5. The summed E-state index contributed by atoms with van der Waals surface area (Å²) in [7, 11) is 0. The van der Waals surface area contributed by atoms with E-state index in [-0.39, 0.29) is 25.6 Å². The summed E-state index contributed by atoms with van der Waals surface area (Å²) in [4.78, 5) is 25.4. The summed E-state index contributed by atoms with van der Waals surface area (Å²) in [5.74, 6) is -1.41. The Morgan fingerprint density at radius 2 is 2.00 bits per heavy atom. The third kappa shape index (κ3) is 3.50. The van der Waals surface area contributed by atoms with Gasteiger partial charge in [-0.15, -0.1) is 0 Å². The number of benzene rings is 1. The molecule has 7 heteroatoms. The van der Waals surface area contributed by atoms with Crippen molar-refractivity contribution < 1.29 is 24.0 Å². The van der Waals surface area contributed by atoms with Crippen molar-refractivity contribution in [3.05, 3.63) is 52.9 Å². The minimum atomic E-state index is -0.941. The zero-order valence-corrected chi connectivity index (χ0v) is 14.1. The minimum absolute atomic E-state index is 0.109. The van der Waals surface area contributed by atoms with Crippen LogP contribution in [0.15, 0.2) is 34.9 Å². The van der Waals surface area contributed by atoms with Crippen molar-refractivity contribution >= 4 is 12.1 Å². The van der Waals surface area contributed by atoms with Crippen molar-refractivity contribution in [1.82, 2.24) is 10.1 Å². The number of carboxylic acid groups (broad SMARTS) is 1. The Labute approximate surface area is 145 Å². The highest BCUT2D eigenvalue weighted by Crippen LogP contribution is 2.36. The summed E-state index contributed by atoms with van der Waals surface area (Å²) in [6, 6.07) is 9.35. The first kappa shape index (κ1) is 17.0. The number of aliphatic carboxylic acids is 1. The van der Waals surface area contributed by atoms with Gasteiger partial charge in [-0.05, 0) is 19.4 Å². The SMILES string of the molecule is Cc1noc(C)c1C1CN(C(=O)OCc2ccccc2)CC1C(=O)O. The highest BCUT2D eigenvalue weighted by Gasteiger charge is 2.43. The average molecular weight is 344 g/mol. The largest absolute Gasteiger partial charge is 0.481 e. The summed E-state index contributed by atoms with van der Waals surface area (Å²) in [6.45, 7) is 4.07. The van der Waals surface area contributed by atoms with Gasteiger partial charge in [-0.25, -0.2) is 4.79 Å². The number of hydrogen-bond donors (Lipinski definition) is 1. The Balaban J connectivity index is 1.71. The van der Waals surface area contributed by atoms with Gasteiger partial charge in [0.05, 0.1) is 11.6 Å². The average Bonchev–Trinajstić information content (AvgIpc) is 3.17. The Bertz CT molecular complexity index is 752. The molecule has 2 atom stereocenters. The Hall–Kier alpha value is -2.83. The predicted molar refractivity (Wildman–Crippen MR) is 88.0 cm³/mol. The maximum atomic E-state index is 12.3. The van der Waals surface area contributed by atoms with Gasteiger partial charge in [-0.3, -0.25) is 4.79 Å². The number of nitrogens with zero attached hydrogens (tertiary/aromatic N) is 2. The smallest absolute Gasteiger partial charge is 0.410 e. The van der Waals surface area contributed by atoms with E-state index in [9.17, 15) is 14.7 Å². The lowest BCUT2D eigenvalue weighted by molar-refractivity contribution is -0.141. The van der Waals surface area contributed by atoms with Crippen molar-refractivity contribution in [2.45, 2.75) is 26.4 Å². The number of carbonyl (C=O) groups excluding carboxylic acids is 1. The lowest BCUT2D eigenvalue weighted by Crippen LogP contribution is -2.30. The molecule has 1 aliphatic heterocycles. The van der Waals surface area contributed by atoms with E-state index in [4.69, 9.17) is 9.26 Å². The number of ether oxygens (including phenoxy) is 1. The van der Waals surface area contributed by atoms with Crippen LogP contribution in [0.5, 0.6) is 0 Å². The van der Waals surface area contributed by atoms with Crippen molar-refractivity contribution in [3.63, 3.8) is 0 Å². The number of likely N-dealkylation sites (tertiary alicyclic amines) is 1. The third-order valence-corrected chi connectivity index (χ3v) is 4.56. The molecule has 0 bridgehead atoms. The number of carbonyl (C=O) groups is 2. The van der Waals surface area contributed by atoms with Gasteiger partial charge in [0.25, 0.3) is 0 Å². The van der Waals surface area contributed by atoms with E-state index in [1.807, 2.05) is 30.3 Å². The Morgan fingerprint density at radius 3 is 2.60 bits per heavy atom. The van der Waals surface area contributed by atoms with Crippen LogP contribution in [0.3, 0.4) is 0 Å². The van der Waals surface area contributed by atoms with Crippen LogP contribution >= 0.6 is 0 Å². The van der Waals surface area contributed by atoms with E-state index in [1.54, 1.807) is 13.8 Å². The quantitative estimate of drug-likeness (QED) is 0.917. The lowest BCUT2D eigenvalue weighted by Gasteiger charge is -2.16. The third-order valence-electron chi connectivity index (χ3n) is 4.56. The molecule has 2 aromatic rings. The highest BCUT2D eigenvalue weighted by molar-refractivity contribution is 5.76. The van der Waals surface area contributed by atoms with Crippen LogP contribution in [-0.4, -0.2) is 40.3 Å². The Morgan fingerprint density at radius 1 is 1.28 bits per heavy atom. The van der Waals surface area contributed by atoms with E-state index in [2.05, 4.69) is 5.16 Å². The van der Waals surface area contributed by atoms with E-state index >= 15 is 0 Å². The van der Waals surface area contributed by atoms with Gasteiger partial charge in [0.15, 0.2) is 0 Å². The molecule has 25 heavy (non-hydrogen) atoms. The zero-order chi connectivity index (χ0) is 18.0. The molecule has 7 nitrogen and oxygen atoms in total. The first-order valence-corrected chi connectivity index (χ1v) is 8.08. The van der Waals surface area contributed by atoms with Gasteiger partial charge in [0.1, 0.15) is 12.4 Å². The van der Waals surface area contributed by atoms with Crippen LogP contribution in [0, 0.1) is 19.8 Å². The van der Waals surface area contributed by atoms with Crippen molar-refractivity contribution in [3.8, 4) is 0 Å². The molecule has 1 aliphatic rings. The van der Waals surface area contributed by atoms with Gasteiger partial charge >= 0.3 is 12.1 Å². The fraction of sp³-hybridized carbons (Fsp3) is 0.389. The lowest BCUT2D eigenvalue weighted by atomic mass is 9.88. The number of aromatic nitrogens is 1. The number of rotatable bonds is 4. The molecule has 1 saturated heterocycles. The summed E-state index contributed by atoms with van der Waals surface area (Å²) >= 11 is 0. The van der Waals surface area contributed by atoms with E-state index in [0.717, 1.165) is 11.1 Å². The molecule has 1 amide bonds. The molecule has 1 aromatic carbocycles. The number of hydrogen-bond acceptors (Lipinski definition) is 5. The van der Waals surface area contributed by atoms with Gasteiger partial charge < -0.3 is 19.3 Å². The number of aryl methyl sites for hydroxylation is 2. The molecule has 0 radical (unpaired) electrons. The maximum Gasteiger partial charge on any atom is 0.410 e. The second-order valence-electron chi connectivity index (χ2n) is 6.23. The van der Waals surface area contributed by atoms with Crippen molar-refractivity contribution in [2.75, 3.05) is 13.1 Å². The van der Waals surface area contributed by atoms with Gasteiger partial charge in [-0.1, -0.05) is 35.5 Å². The molecular weight excluding hydrogens is 324 g/mol. The second kappa shape index (κ2) is 6.96. The normalized spacial score (nSPS) is 19.8. The van der Waals surface area contributed by atoms with Crippen LogP contribution in [-0.2, 0) is 16.1 Å². The monoisotopic (exact) mass is 344 g/mol. The standard InChI is InChI=1S/C18H20N2O5/c1-11-16(12(2)25-19-11)14-8-20(9-15(14)17(21)22)18(23)24-10-13-6-4-3-5-7-13/h3-7,14-15H,8-10H2,1-2H3,(H,21,22). The second-order valence-corrected chi connectivity index (χ2v) is 6.23. The molecule has 1 N–H and O–H groups in total. The maximum absolute atomic E-state index is 12.3. The van der Waals surface area contributed by atoms with Crippen LogP contribution in [0.25, 0.3) is 0 Å². The Kier molecular flexibility index (Phi) is 4.74. The molecule has 1 fully saturated rings. The molecule has 132 valence electrons. The van der Waals surface area contributed by atoms with E-state index < -0.39 is 18.0 Å². The van der Waals surface area contributed by atoms with Crippen LogP contribution in [0.1, 0.15) is 28.5 Å². The van der Waals surface area contributed by atoms with E-state index in [1.165, 1.54) is 4.90 Å². The van der Waals surface area contributed by atoms with E-state index in [0.29, 0.717) is 11.5 Å². The molecular formula is C18H20N2O5. The molecule has 1 aromatic heterocycles. The molecule has 2 unspecified atom stereocenters. The predicted octanol–water partition coefficient (Wildman–Crippen LogP) is 2.73. The van der Waals surface area contributed by atoms with Crippen LogP contribution < -0.4 is 0 Å². The van der Waals surface area contributed by atoms with Gasteiger partial charge in [0, 0.05) is 24.6 Å². The fourth-order valence-corrected chi connectivity index (χ4v) is 3.33. The van der Waals surface area contributed by atoms with Crippen LogP contribution in [0.2, 0.25) is 0 Å². The topological polar surface area (TPSA) is 92.9 Å². The summed E-state index contributed by atoms with van der Waals surface area (Å²) in [5.41, 5.74) is 2.31. The molecule has 3 rings (SSSR count). The first-order chi connectivity index (χ1) is 12.0. The number of amides is 1. The summed E-state index contributed by atoms with van der Waals surface area (Å²) in [5, 5.41) is 13.4. The van der Waals surface area contributed by atoms with Crippen LogP contribution in [0.4, 0.5) is 4.79 Å². The molecule has 0 aliphatic carbocycles. The van der Waals surface area contributed by atoms with Gasteiger partial charge in [-0.2, -0.15) is 0 Å². The highest BCUT2D eigenvalue weighted by atomic mass is 16.6.